The second-order valence-corrected chi connectivity index (χ2v) is 2.13. The molecule has 11 heavy (non-hydrogen) atoms. The Morgan fingerprint density at radius 2 is 2.27 bits per heavy atom. The van der Waals surface area contributed by atoms with Crippen molar-refractivity contribution in [1.82, 2.24) is 5.01 Å². The quantitative estimate of drug-likeness (QED) is 0.291. The summed E-state index contributed by atoms with van der Waals surface area (Å²) in [6.45, 7) is 2.53. The van der Waals surface area contributed by atoms with E-state index in [9.17, 15) is 4.79 Å². The van der Waals surface area contributed by atoms with Crippen LogP contribution in [0.5, 0.6) is 0 Å². The van der Waals surface area contributed by atoms with Gasteiger partial charge in [-0.3, -0.25) is 0 Å². The summed E-state index contributed by atoms with van der Waals surface area (Å²) >= 11 is 0. The van der Waals surface area contributed by atoms with E-state index in [0.29, 0.717) is 6.54 Å². The third-order valence-corrected chi connectivity index (χ3v) is 1.03. The Hall–Kier alpha value is -1.23. The Balaban J connectivity index is 3.96. The van der Waals surface area contributed by atoms with Crippen LogP contribution in [0.25, 0.3) is 0 Å². The summed E-state index contributed by atoms with van der Waals surface area (Å²) < 4.78 is 0. The lowest BCUT2D eigenvalue weighted by Gasteiger charge is -2.11. The van der Waals surface area contributed by atoms with Gasteiger partial charge < -0.3 is 15.8 Å². The lowest BCUT2D eigenvalue weighted by atomic mass is 10.4. The third-order valence-electron chi connectivity index (χ3n) is 1.03. The largest absolute Gasteiger partial charge is 0.477 e. The van der Waals surface area contributed by atoms with Crippen molar-refractivity contribution in [2.24, 2.45) is 11.6 Å². The van der Waals surface area contributed by atoms with Gasteiger partial charge in [0.1, 0.15) is 5.70 Å². The molecule has 0 bridgehead atoms. The molecular formula is C6H13N3O2. The fourth-order valence-corrected chi connectivity index (χ4v) is 0.557. The predicted molar refractivity (Wildman–Crippen MR) is 41.1 cm³/mol. The molecule has 0 amide bonds. The first-order chi connectivity index (χ1) is 5.07. The minimum absolute atomic E-state index is 0.249. The smallest absolute Gasteiger partial charge is 0.353 e. The van der Waals surface area contributed by atoms with Crippen LogP contribution in [0.3, 0.4) is 0 Å². The van der Waals surface area contributed by atoms with Crippen molar-refractivity contribution in [2.75, 3.05) is 6.54 Å². The number of nitrogens with zero attached hydrogens (tertiary/aromatic N) is 1. The number of rotatable bonds is 4. The van der Waals surface area contributed by atoms with Crippen molar-refractivity contribution in [3.8, 4) is 0 Å². The summed E-state index contributed by atoms with van der Waals surface area (Å²) in [6, 6.07) is 0. The maximum absolute atomic E-state index is 10.2. The molecular weight excluding hydrogens is 146 g/mol. The minimum Gasteiger partial charge on any atom is -0.477 e. The van der Waals surface area contributed by atoms with E-state index in [4.69, 9.17) is 16.7 Å². The van der Waals surface area contributed by atoms with Gasteiger partial charge in [0, 0.05) is 12.7 Å². The molecule has 0 saturated carbocycles. The Bertz CT molecular complexity index is 167. The standard InChI is InChI=1S/C6H13N3O2/c1-2-3-9(8)4-5(7)6(10)11/h4H,2-3,7-8H2,1H3,(H,10,11)/b5-4-. The van der Waals surface area contributed by atoms with Crippen molar-refractivity contribution in [2.45, 2.75) is 13.3 Å². The van der Waals surface area contributed by atoms with Crippen LogP contribution in [0.4, 0.5) is 0 Å². The summed E-state index contributed by atoms with van der Waals surface area (Å²) in [5.41, 5.74) is 4.84. The highest BCUT2D eigenvalue weighted by molar-refractivity contribution is 5.85. The Morgan fingerprint density at radius 1 is 1.73 bits per heavy atom. The van der Waals surface area contributed by atoms with Crippen LogP contribution in [-0.2, 0) is 4.79 Å². The average Bonchev–Trinajstić information content (AvgIpc) is 1.87. The van der Waals surface area contributed by atoms with Gasteiger partial charge in [-0.15, -0.1) is 0 Å². The van der Waals surface area contributed by atoms with Gasteiger partial charge in [-0.05, 0) is 6.42 Å². The summed E-state index contributed by atoms with van der Waals surface area (Å²) in [5, 5.41) is 9.58. The normalized spacial score (nSPS) is 11.3. The Labute approximate surface area is 65.2 Å². The van der Waals surface area contributed by atoms with Crippen molar-refractivity contribution in [1.29, 1.82) is 0 Å². The van der Waals surface area contributed by atoms with Gasteiger partial charge in [0.05, 0.1) is 0 Å². The zero-order valence-corrected chi connectivity index (χ0v) is 6.45. The fourth-order valence-electron chi connectivity index (χ4n) is 0.557. The molecule has 0 heterocycles. The predicted octanol–water partition coefficient (Wildman–Crippen LogP) is -0.543. The summed E-state index contributed by atoms with van der Waals surface area (Å²) in [6.07, 6.45) is 2.05. The number of carboxylic acid groups (broad SMARTS) is 1. The highest BCUT2D eigenvalue weighted by Crippen LogP contribution is 1.88. The van der Waals surface area contributed by atoms with E-state index in [1.165, 1.54) is 11.2 Å². The zero-order chi connectivity index (χ0) is 8.85. The molecule has 0 aromatic rings. The van der Waals surface area contributed by atoms with E-state index in [1.807, 2.05) is 6.92 Å². The van der Waals surface area contributed by atoms with Crippen LogP contribution in [0, 0.1) is 0 Å². The van der Waals surface area contributed by atoms with E-state index >= 15 is 0 Å². The molecule has 0 saturated heterocycles. The SMILES string of the molecule is CCCN(N)/C=C(\N)C(=O)O. The van der Waals surface area contributed by atoms with Gasteiger partial charge in [0.2, 0.25) is 0 Å². The highest BCUT2D eigenvalue weighted by Gasteiger charge is 2.01. The molecule has 0 aliphatic rings. The van der Waals surface area contributed by atoms with Crippen LogP contribution in [0.2, 0.25) is 0 Å². The molecule has 0 aliphatic heterocycles. The van der Waals surface area contributed by atoms with Crippen molar-refractivity contribution < 1.29 is 9.90 Å². The molecule has 0 radical (unpaired) electrons. The molecule has 0 fully saturated rings. The summed E-state index contributed by atoms with van der Waals surface area (Å²) in [5.74, 6) is 4.18. The van der Waals surface area contributed by atoms with Gasteiger partial charge >= 0.3 is 5.97 Å². The number of nitrogens with two attached hydrogens (primary N) is 2. The molecule has 5 heteroatoms. The number of aliphatic carboxylic acids is 1. The van der Waals surface area contributed by atoms with E-state index < -0.39 is 5.97 Å². The first kappa shape index (κ1) is 9.77. The first-order valence-corrected chi connectivity index (χ1v) is 3.29. The first-order valence-electron chi connectivity index (χ1n) is 3.29. The second-order valence-electron chi connectivity index (χ2n) is 2.13. The highest BCUT2D eigenvalue weighted by atomic mass is 16.4. The van der Waals surface area contributed by atoms with Gasteiger partial charge in [-0.2, -0.15) is 0 Å². The zero-order valence-electron chi connectivity index (χ0n) is 6.45. The molecule has 0 atom stereocenters. The lowest BCUT2D eigenvalue weighted by molar-refractivity contribution is -0.132. The molecule has 5 N–H and O–H groups in total. The van der Waals surface area contributed by atoms with E-state index in [0.717, 1.165) is 6.42 Å². The lowest BCUT2D eigenvalue weighted by Crippen LogP contribution is -2.28. The molecule has 0 aromatic carbocycles. The number of hydrazine groups is 1. The van der Waals surface area contributed by atoms with Crippen molar-refractivity contribution in [3.63, 3.8) is 0 Å². The molecule has 0 spiro atoms. The van der Waals surface area contributed by atoms with Gasteiger partial charge in [-0.1, -0.05) is 6.92 Å². The molecule has 0 rings (SSSR count). The van der Waals surface area contributed by atoms with Crippen LogP contribution in [0.15, 0.2) is 11.9 Å². The Kier molecular flexibility index (Phi) is 4.05. The topological polar surface area (TPSA) is 92.6 Å². The molecule has 0 aliphatic carbocycles. The van der Waals surface area contributed by atoms with Crippen LogP contribution in [0.1, 0.15) is 13.3 Å². The Morgan fingerprint density at radius 3 is 2.64 bits per heavy atom. The van der Waals surface area contributed by atoms with Crippen molar-refractivity contribution >= 4 is 5.97 Å². The second kappa shape index (κ2) is 4.56. The molecule has 0 aromatic heterocycles. The third kappa shape index (κ3) is 4.21. The van der Waals surface area contributed by atoms with Crippen molar-refractivity contribution in [3.05, 3.63) is 11.9 Å². The van der Waals surface area contributed by atoms with E-state index in [-0.39, 0.29) is 5.70 Å². The van der Waals surface area contributed by atoms with Gasteiger partial charge in [0.15, 0.2) is 0 Å². The molecule has 5 nitrogen and oxygen atoms in total. The number of carboxylic acids is 1. The average molecular weight is 159 g/mol. The van der Waals surface area contributed by atoms with Crippen LogP contribution in [-0.4, -0.2) is 22.6 Å². The van der Waals surface area contributed by atoms with E-state index in [2.05, 4.69) is 0 Å². The summed E-state index contributed by atoms with van der Waals surface area (Å²) in [4.78, 5) is 10.2. The number of hydrogen-bond acceptors (Lipinski definition) is 4. The maximum Gasteiger partial charge on any atom is 0.353 e. The van der Waals surface area contributed by atoms with Crippen LogP contribution < -0.4 is 11.6 Å². The monoisotopic (exact) mass is 159 g/mol. The molecule has 0 unspecified atom stereocenters. The van der Waals surface area contributed by atoms with Crippen LogP contribution >= 0.6 is 0 Å². The fraction of sp³-hybridized carbons (Fsp3) is 0.500. The number of hydrogen-bond donors (Lipinski definition) is 3. The van der Waals surface area contributed by atoms with Gasteiger partial charge in [0.25, 0.3) is 0 Å². The maximum atomic E-state index is 10.2. The van der Waals surface area contributed by atoms with Gasteiger partial charge in [-0.25, -0.2) is 10.6 Å². The molecule has 64 valence electrons. The summed E-state index contributed by atoms with van der Waals surface area (Å²) in [7, 11) is 0. The minimum atomic E-state index is -1.16. The van der Waals surface area contributed by atoms with E-state index in [1.54, 1.807) is 0 Å². The number of carbonyl (C=O) groups is 1.